The quantitative estimate of drug-likeness (QED) is 0.586. The molecule has 158 valence electrons. The average molecular weight is 468 g/mol. The zero-order valence-corrected chi connectivity index (χ0v) is 18.5. The summed E-state index contributed by atoms with van der Waals surface area (Å²) in [5, 5.41) is 0.595. The molecule has 1 aromatic heterocycles. The lowest BCUT2D eigenvalue weighted by atomic mass is 10.2. The Balaban J connectivity index is 1.71. The van der Waals surface area contributed by atoms with Crippen LogP contribution in [0.2, 0.25) is 5.02 Å². The van der Waals surface area contributed by atoms with Crippen LogP contribution in [0, 0.1) is 5.82 Å². The van der Waals surface area contributed by atoms with E-state index >= 15 is 0 Å². The summed E-state index contributed by atoms with van der Waals surface area (Å²) in [7, 11) is -3.92. The minimum Gasteiger partial charge on any atom is -0.317 e. The minimum absolute atomic E-state index is 0.0382. The molecule has 0 radical (unpaired) electrons. The van der Waals surface area contributed by atoms with Crippen LogP contribution in [0.5, 0.6) is 0 Å². The van der Waals surface area contributed by atoms with Gasteiger partial charge >= 0.3 is 0 Å². The second kappa shape index (κ2) is 8.22. The predicted octanol–water partition coefficient (Wildman–Crippen LogP) is 3.80. The fourth-order valence-electron chi connectivity index (χ4n) is 3.62. The summed E-state index contributed by atoms with van der Waals surface area (Å²) in [5.41, 5.74) is 0.917. The van der Waals surface area contributed by atoms with Crippen LogP contribution in [-0.2, 0) is 21.4 Å². The van der Waals surface area contributed by atoms with Gasteiger partial charge < -0.3 is 4.57 Å². The first kappa shape index (κ1) is 21.2. The number of halogens is 2. The van der Waals surface area contributed by atoms with Gasteiger partial charge in [0.05, 0.1) is 15.1 Å². The molecule has 2 heterocycles. The van der Waals surface area contributed by atoms with E-state index in [0.717, 1.165) is 22.3 Å². The van der Waals surface area contributed by atoms with Crippen LogP contribution in [0.4, 0.5) is 4.39 Å². The van der Waals surface area contributed by atoms with Crippen LogP contribution in [0.3, 0.4) is 0 Å². The molecule has 1 unspecified atom stereocenters. The molecule has 2 aromatic carbocycles. The fourth-order valence-corrected chi connectivity index (χ4v) is 6.65. The van der Waals surface area contributed by atoms with Crippen molar-refractivity contribution >= 4 is 49.1 Å². The van der Waals surface area contributed by atoms with Gasteiger partial charge in [0.25, 0.3) is 5.91 Å². The first-order valence-corrected chi connectivity index (χ1v) is 12.1. The average Bonchev–Trinajstić information content (AvgIpc) is 3.32. The third-order valence-corrected chi connectivity index (χ3v) is 8.27. The fraction of sp³-hybridized carbons (Fsp3) is 0.300. The van der Waals surface area contributed by atoms with Gasteiger partial charge in [0.1, 0.15) is 11.9 Å². The highest BCUT2D eigenvalue weighted by molar-refractivity contribution is 7.89. The van der Waals surface area contributed by atoms with E-state index in [-0.39, 0.29) is 11.4 Å². The summed E-state index contributed by atoms with van der Waals surface area (Å²) >= 11 is 7.41. The highest BCUT2D eigenvalue weighted by Crippen LogP contribution is 2.27. The van der Waals surface area contributed by atoms with Gasteiger partial charge in [-0.25, -0.2) is 12.8 Å². The molecule has 6 nitrogen and oxygen atoms in total. The first-order chi connectivity index (χ1) is 14.3. The summed E-state index contributed by atoms with van der Waals surface area (Å²) in [4.78, 5) is 17.8. The molecule has 1 amide bonds. The van der Waals surface area contributed by atoms with Crippen molar-refractivity contribution in [2.75, 3.05) is 6.54 Å². The molecule has 1 saturated heterocycles. The number of aromatic nitrogens is 1. The first-order valence-electron chi connectivity index (χ1n) is 9.46. The standard InChI is InChI=1S/C20H19ClFN3O3S2/c1-2-24-16-10-5-13(21)12-18(16)29-20(24)23-19(26)17-4-3-11-25(17)30(27,28)15-8-6-14(22)7-9-15/h5-10,12,17H,2-4,11H2,1H3. The largest absolute Gasteiger partial charge is 0.317 e. The molecule has 0 spiro atoms. The topological polar surface area (TPSA) is 71.7 Å². The highest BCUT2D eigenvalue weighted by Gasteiger charge is 2.39. The predicted molar refractivity (Wildman–Crippen MR) is 114 cm³/mol. The lowest BCUT2D eigenvalue weighted by Gasteiger charge is -2.21. The van der Waals surface area contributed by atoms with Gasteiger partial charge in [-0.15, -0.1) is 0 Å². The molecule has 1 fully saturated rings. The van der Waals surface area contributed by atoms with Crippen LogP contribution >= 0.6 is 22.9 Å². The van der Waals surface area contributed by atoms with E-state index in [9.17, 15) is 17.6 Å². The number of sulfonamides is 1. The number of nitrogens with zero attached hydrogens (tertiary/aromatic N) is 3. The van der Waals surface area contributed by atoms with Crippen molar-refractivity contribution in [2.45, 2.75) is 37.2 Å². The molecule has 4 rings (SSSR count). The van der Waals surface area contributed by atoms with Crippen LogP contribution < -0.4 is 4.80 Å². The highest BCUT2D eigenvalue weighted by atomic mass is 35.5. The maximum atomic E-state index is 13.2. The van der Waals surface area contributed by atoms with Crippen molar-refractivity contribution < 1.29 is 17.6 Å². The molecule has 1 atom stereocenters. The number of carbonyl (C=O) groups is 1. The molecule has 0 N–H and O–H groups in total. The van der Waals surface area contributed by atoms with Crippen molar-refractivity contribution in [1.29, 1.82) is 0 Å². The lowest BCUT2D eigenvalue weighted by Crippen LogP contribution is -2.40. The number of carbonyl (C=O) groups excluding carboxylic acids is 1. The lowest BCUT2D eigenvalue weighted by molar-refractivity contribution is -0.121. The van der Waals surface area contributed by atoms with E-state index in [1.165, 1.54) is 27.8 Å². The third kappa shape index (κ3) is 3.82. The molecular weight excluding hydrogens is 449 g/mol. The van der Waals surface area contributed by atoms with Crippen LogP contribution in [0.15, 0.2) is 52.4 Å². The Morgan fingerprint density at radius 1 is 1.27 bits per heavy atom. The van der Waals surface area contributed by atoms with E-state index in [0.29, 0.717) is 29.2 Å². The number of thiazole rings is 1. The maximum Gasteiger partial charge on any atom is 0.266 e. The molecule has 0 aliphatic carbocycles. The SMILES string of the molecule is CCn1c(=NC(=O)C2CCCN2S(=O)(=O)c2ccc(F)cc2)sc2cc(Cl)ccc21. The zero-order valence-electron chi connectivity index (χ0n) is 16.1. The number of amides is 1. The Kier molecular flexibility index (Phi) is 5.80. The monoisotopic (exact) mass is 467 g/mol. The molecule has 10 heteroatoms. The Labute approximate surface area is 182 Å². The van der Waals surface area contributed by atoms with Gasteiger partial charge in [0.15, 0.2) is 4.80 Å². The Morgan fingerprint density at radius 3 is 2.70 bits per heavy atom. The molecular formula is C20H19ClFN3O3S2. The number of rotatable bonds is 4. The van der Waals surface area contributed by atoms with Crippen molar-refractivity contribution in [3.05, 3.63) is 58.1 Å². The summed E-state index contributed by atoms with van der Waals surface area (Å²) < 4.78 is 43.2. The summed E-state index contributed by atoms with van der Waals surface area (Å²) in [6.07, 6.45) is 0.952. The molecule has 1 aliphatic heterocycles. The number of hydrogen-bond donors (Lipinski definition) is 0. The maximum absolute atomic E-state index is 13.2. The van der Waals surface area contributed by atoms with Gasteiger partial charge in [0, 0.05) is 18.1 Å². The summed E-state index contributed by atoms with van der Waals surface area (Å²) in [6, 6.07) is 9.21. The van der Waals surface area contributed by atoms with Crippen LogP contribution in [0.1, 0.15) is 19.8 Å². The number of fused-ring (bicyclic) bond motifs is 1. The Bertz CT molecular complexity index is 1280. The second-order valence-electron chi connectivity index (χ2n) is 6.92. The van der Waals surface area contributed by atoms with Gasteiger partial charge in [-0.2, -0.15) is 9.30 Å². The molecule has 1 aliphatic rings. The Morgan fingerprint density at radius 2 is 2.00 bits per heavy atom. The van der Waals surface area contributed by atoms with E-state index in [4.69, 9.17) is 11.6 Å². The zero-order chi connectivity index (χ0) is 21.5. The van der Waals surface area contributed by atoms with Gasteiger partial charge in [0.2, 0.25) is 10.0 Å². The van der Waals surface area contributed by atoms with Crippen molar-refractivity contribution in [3.63, 3.8) is 0 Å². The van der Waals surface area contributed by atoms with Gasteiger partial charge in [-0.3, -0.25) is 4.79 Å². The molecule has 3 aromatic rings. The van der Waals surface area contributed by atoms with E-state index < -0.39 is 27.8 Å². The normalized spacial score (nSPS) is 18.4. The summed E-state index contributed by atoms with van der Waals surface area (Å²) in [6.45, 7) is 2.78. The van der Waals surface area contributed by atoms with E-state index in [1.807, 2.05) is 23.6 Å². The number of benzene rings is 2. The van der Waals surface area contributed by atoms with Crippen LogP contribution in [0.25, 0.3) is 10.2 Å². The number of hydrogen-bond acceptors (Lipinski definition) is 4. The van der Waals surface area contributed by atoms with Gasteiger partial charge in [-0.05, 0) is 62.2 Å². The molecule has 0 bridgehead atoms. The van der Waals surface area contributed by atoms with E-state index in [1.54, 1.807) is 6.07 Å². The van der Waals surface area contributed by atoms with Crippen molar-refractivity contribution in [2.24, 2.45) is 4.99 Å². The van der Waals surface area contributed by atoms with Crippen LogP contribution in [-0.4, -0.2) is 35.8 Å². The summed E-state index contributed by atoms with van der Waals surface area (Å²) in [5.74, 6) is -1.02. The smallest absolute Gasteiger partial charge is 0.266 e. The third-order valence-electron chi connectivity index (χ3n) is 5.08. The Hall–Kier alpha value is -2.07. The van der Waals surface area contributed by atoms with Crippen molar-refractivity contribution in [3.8, 4) is 0 Å². The second-order valence-corrected chi connectivity index (χ2v) is 10.3. The number of aryl methyl sites for hydroxylation is 1. The van der Waals surface area contributed by atoms with E-state index in [2.05, 4.69) is 4.99 Å². The van der Waals surface area contributed by atoms with Crippen molar-refractivity contribution in [1.82, 2.24) is 8.87 Å². The molecule has 30 heavy (non-hydrogen) atoms. The van der Waals surface area contributed by atoms with Gasteiger partial charge in [-0.1, -0.05) is 22.9 Å². The minimum atomic E-state index is -3.92. The molecule has 0 saturated carbocycles.